The van der Waals surface area contributed by atoms with E-state index in [2.05, 4.69) is 67.1 Å². The first-order valence-corrected chi connectivity index (χ1v) is 10.9. The predicted octanol–water partition coefficient (Wildman–Crippen LogP) is -2.89. The van der Waals surface area contributed by atoms with Crippen molar-refractivity contribution in [1.82, 2.24) is 15.0 Å². The second-order valence-electron chi connectivity index (χ2n) is 7.13. The Kier molecular flexibility index (Phi) is 17.3. The third kappa shape index (κ3) is 9.96. The molecular formula is C19H40ClI2N7. The Hall–Kier alpha value is 0.280. The molecule has 0 fully saturated rings. The fraction of sp³-hybridized carbons (Fsp3) is 0.842. The van der Waals surface area contributed by atoms with E-state index in [1.165, 1.54) is 0 Å². The highest BCUT2D eigenvalue weighted by Gasteiger charge is 2.21. The third-order valence-electron chi connectivity index (χ3n) is 6.37. The van der Waals surface area contributed by atoms with Crippen molar-refractivity contribution in [2.45, 2.75) is 41.5 Å². The quantitative estimate of drug-likeness (QED) is 0.167. The number of rotatable bonds is 14. The molecule has 7 nitrogen and oxygen atoms in total. The van der Waals surface area contributed by atoms with E-state index in [-0.39, 0.29) is 53.2 Å². The zero-order chi connectivity index (χ0) is 20.3. The molecule has 0 amide bonds. The summed E-state index contributed by atoms with van der Waals surface area (Å²) in [5.74, 6) is 1.09. The van der Waals surface area contributed by atoms with E-state index in [1.54, 1.807) is 0 Å². The first-order chi connectivity index (χ1) is 12.9. The largest absolute Gasteiger partial charge is 1.00 e. The van der Waals surface area contributed by atoms with E-state index in [4.69, 9.17) is 11.6 Å². The molecular weight excluding hydrogens is 616 g/mol. The van der Waals surface area contributed by atoms with Gasteiger partial charge in [0.25, 0.3) is 0 Å². The van der Waals surface area contributed by atoms with Crippen LogP contribution in [0.1, 0.15) is 41.5 Å². The van der Waals surface area contributed by atoms with Gasteiger partial charge < -0.3 is 67.6 Å². The van der Waals surface area contributed by atoms with Crippen LogP contribution in [0, 0.1) is 0 Å². The SMILES string of the molecule is CC[N+](CC)(CC)CCNc1nc(Cl)nc(NCC[N+](CC)(CC)CC)n1.[I-].[I-]. The molecule has 29 heavy (non-hydrogen) atoms. The van der Waals surface area contributed by atoms with Gasteiger partial charge in [-0.15, -0.1) is 0 Å². The Morgan fingerprint density at radius 3 is 1.21 bits per heavy atom. The molecule has 2 N–H and O–H groups in total. The van der Waals surface area contributed by atoms with Crippen molar-refractivity contribution in [3.05, 3.63) is 5.28 Å². The van der Waals surface area contributed by atoms with Crippen molar-refractivity contribution < 1.29 is 56.9 Å². The molecule has 10 heteroatoms. The summed E-state index contributed by atoms with van der Waals surface area (Å²) >= 11 is 6.10. The van der Waals surface area contributed by atoms with Gasteiger partial charge in [0.2, 0.25) is 17.2 Å². The Morgan fingerprint density at radius 2 is 0.931 bits per heavy atom. The number of hydrogen-bond donors (Lipinski definition) is 2. The molecule has 0 aromatic carbocycles. The minimum atomic E-state index is 0. The van der Waals surface area contributed by atoms with Crippen molar-refractivity contribution in [3.8, 4) is 0 Å². The van der Waals surface area contributed by atoms with Gasteiger partial charge in [-0.2, -0.15) is 15.0 Å². The lowest BCUT2D eigenvalue weighted by atomic mass is 10.3. The molecule has 0 aliphatic rings. The summed E-state index contributed by atoms with van der Waals surface area (Å²) in [6, 6.07) is 0. The van der Waals surface area contributed by atoms with E-state index in [0.29, 0.717) is 11.9 Å². The van der Waals surface area contributed by atoms with Crippen LogP contribution in [-0.2, 0) is 0 Å². The Bertz CT molecular complexity index is 495. The average molecular weight is 656 g/mol. The topological polar surface area (TPSA) is 62.7 Å². The number of nitrogens with zero attached hydrogens (tertiary/aromatic N) is 5. The van der Waals surface area contributed by atoms with Gasteiger partial charge in [0, 0.05) is 0 Å². The van der Waals surface area contributed by atoms with Crippen LogP contribution in [0.4, 0.5) is 11.9 Å². The number of likely N-dealkylation sites (N-methyl/N-ethyl adjacent to an activating group) is 2. The second kappa shape index (κ2) is 16.0. The van der Waals surface area contributed by atoms with Gasteiger partial charge in [-0.1, -0.05) is 0 Å². The van der Waals surface area contributed by atoms with E-state index in [1.807, 2.05) is 0 Å². The number of aromatic nitrogens is 3. The zero-order valence-electron chi connectivity index (χ0n) is 18.9. The molecule has 0 aliphatic carbocycles. The number of anilines is 2. The normalized spacial score (nSPS) is 11.4. The maximum atomic E-state index is 6.10. The summed E-state index contributed by atoms with van der Waals surface area (Å²) in [5, 5.41) is 6.86. The van der Waals surface area contributed by atoms with Crippen molar-refractivity contribution in [1.29, 1.82) is 0 Å². The number of halogens is 3. The van der Waals surface area contributed by atoms with Gasteiger partial charge in [0.05, 0.1) is 65.4 Å². The fourth-order valence-corrected chi connectivity index (χ4v) is 3.77. The number of hydrogen-bond acceptors (Lipinski definition) is 5. The summed E-state index contributed by atoms with van der Waals surface area (Å²) in [7, 11) is 0. The van der Waals surface area contributed by atoms with Crippen LogP contribution >= 0.6 is 11.6 Å². The summed E-state index contributed by atoms with van der Waals surface area (Å²) in [5.41, 5.74) is 0. The third-order valence-corrected chi connectivity index (χ3v) is 6.54. The number of quaternary nitrogens is 2. The molecule has 1 heterocycles. The van der Waals surface area contributed by atoms with Gasteiger partial charge >= 0.3 is 0 Å². The molecule has 0 radical (unpaired) electrons. The van der Waals surface area contributed by atoms with Gasteiger partial charge in [-0.3, -0.25) is 0 Å². The Labute approximate surface area is 217 Å². The minimum Gasteiger partial charge on any atom is -1.00 e. The van der Waals surface area contributed by atoms with Gasteiger partial charge in [-0.05, 0) is 53.1 Å². The summed E-state index contributed by atoms with van der Waals surface area (Å²) in [4.78, 5) is 12.9. The highest BCUT2D eigenvalue weighted by atomic mass is 127. The van der Waals surface area contributed by atoms with Crippen LogP contribution in [-0.4, -0.2) is 89.4 Å². The summed E-state index contributed by atoms with van der Waals surface area (Å²) < 4.78 is 2.17. The molecule has 0 spiro atoms. The molecule has 0 saturated heterocycles. The maximum absolute atomic E-state index is 6.10. The van der Waals surface area contributed by atoms with E-state index >= 15 is 0 Å². The van der Waals surface area contributed by atoms with Gasteiger partial charge in [-0.25, -0.2) is 0 Å². The van der Waals surface area contributed by atoms with Crippen molar-refractivity contribution >= 4 is 23.5 Å². The zero-order valence-corrected chi connectivity index (χ0v) is 24.0. The molecule has 1 aromatic heterocycles. The average Bonchev–Trinajstić information content (AvgIpc) is 2.69. The van der Waals surface area contributed by atoms with Crippen LogP contribution in [0.3, 0.4) is 0 Å². The predicted molar refractivity (Wildman–Crippen MR) is 115 cm³/mol. The lowest BCUT2D eigenvalue weighted by Gasteiger charge is -2.36. The fourth-order valence-electron chi connectivity index (χ4n) is 3.61. The molecule has 0 aliphatic heterocycles. The highest BCUT2D eigenvalue weighted by Crippen LogP contribution is 2.11. The lowest BCUT2D eigenvalue weighted by Crippen LogP contribution is -3.00. The van der Waals surface area contributed by atoms with Crippen LogP contribution in [0.25, 0.3) is 0 Å². The van der Waals surface area contributed by atoms with E-state index in [0.717, 1.165) is 74.4 Å². The van der Waals surface area contributed by atoms with Crippen LogP contribution in [0.2, 0.25) is 5.28 Å². The summed E-state index contributed by atoms with van der Waals surface area (Å²) in [6.07, 6.45) is 0. The Balaban J connectivity index is 0. The molecule has 0 atom stereocenters. The van der Waals surface area contributed by atoms with E-state index < -0.39 is 0 Å². The molecule has 0 saturated carbocycles. The van der Waals surface area contributed by atoms with E-state index in [9.17, 15) is 0 Å². The highest BCUT2D eigenvalue weighted by molar-refractivity contribution is 6.28. The lowest BCUT2D eigenvalue weighted by molar-refractivity contribution is -0.921. The van der Waals surface area contributed by atoms with Gasteiger partial charge in [0.1, 0.15) is 0 Å². The minimum absolute atomic E-state index is 0. The number of nitrogens with one attached hydrogen (secondary N) is 2. The van der Waals surface area contributed by atoms with Crippen molar-refractivity contribution in [3.63, 3.8) is 0 Å². The standard InChI is InChI=1S/C19H40ClN7.2HI/c1-7-26(8-2,9-3)15-13-21-18-23-17(20)24-19(25-18)22-14-16-27(10-4,11-5)12-6;;/h7-16H2,1-6H3,(H2,21,22,23,24,25);2*1H/q+2;;/p-2. The first kappa shape index (κ1) is 31.5. The second-order valence-corrected chi connectivity index (χ2v) is 7.47. The Morgan fingerprint density at radius 1 is 0.621 bits per heavy atom. The molecule has 1 aromatic rings. The van der Waals surface area contributed by atoms with Crippen molar-refractivity contribution in [2.24, 2.45) is 0 Å². The first-order valence-electron chi connectivity index (χ1n) is 10.5. The molecule has 172 valence electrons. The van der Waals surface area contributed by atoms with Crippen LogP contribution in [0.15, 0.2) is 0 Å². The van der Waals surface area contributed by atoms with Crippen molar-refractivity contribution in [2.75, 3.05) is 76.1 Å². The molecule has 0 bridgehead atoms. The molecule has 0 unspecified atom stereocenters. The van der Waals surface area contributed by atoms with Crippen LogP contribution in [0.5, 0.6) is 0 Å². The summed E-state index contributed by atoms with van der Waals surface area (Å²) in [6.45, 7) is 24.0. The monoisotopic (exact) mass is 655 g/mol. The smallest absolute Gasteiger partial charge is 0.229 e. The van der Waals surface area contributed by atoms with Gasteiger partial charge in [0.15, 0.2) is 0 Å². The maximum Gasteiger partial charge on any atom is 0.229 e. The van der Waals surface area contributed by atoms with Crippen LogP contribution < -0.4 is 58.6 Å². The molecule has 1 rings (SSSR count).